The lowest BCUT2D eigenvalue weighted by Gasteiger charge is -2.33. The lowest BCUT2D eigenvalue weighted by Crippen LogP contribution is -2.53. The molecule has 1 aliphatic heterocycles. The maximum atomic E-state index is 12.1. The van der Waals surface area contributed by atoms with E-state index in [-0.39, 0.29) is 36.7 Å². The molecular weight excluding hydrogens is 292 g/mol. The van der Waals surface area contributed by atoms with Gasteiger partial charge in [0, 0.05) is 31.2 Å². The second-order valence-corrected chi connectivity index (χ2v) is 5.01. The number of hydrogen-bond acceptors (Lipinski definition) is 4. The zero-order valence-corrected chi connectivity index (χ0v) is 13.1. The molecule has 1 amide bonds. The quantitative estimate of drug-likeness (QED) is 0.856. The van der Waals surface area contributed by atoms with Gasteiger partial charge in [-0.2, -0.15) is 0 Å². The van der Waals surface area contributed by atoms with Gasteiger partial charge in [-0.1, -0.05) is 12.1 Å². The molecule has 1 saturated heterocycles. The first-order chi connectivity index (χ1) is 9.58. The standard InChI is InChI=1S/C15H20N2O3.ClH/c1-11-9-16-6-7-17(11)15(19)10-20-14-5-3-4-13(8-14)12(2)18;/h3-5,8,11,16H,6-7,9-10H2,1-2H3;1H/t11-;/m1./s1. The highest BCUT2D eigenvalue weighted by molar-refractivity contribution is 5.94. The summed E-state index contributed by atoms with van der Waals surface area (Å²) >= 11 is 0. The summed E-state index contributed by atoms with van der Waals surface area (Å²) in [7, 11) is 0. The van der Waals surface area contributed by atoms with Crippen LogP contribution in [-0.4, -0.2) is 48.9 Å². The maximum absolute atomic E-state index is 12.1. The SMILES string of the molecule is CC(=O)c1cccc(OCC(=O)N2CCNC[C@H]2C)c1.Cl. The topological polar surface area (TPSA) is 58.6 Å². The van der Waals surface area contributed by atoms with E-state index >= 15 is 0 Å². The number of carbonyl (C=O) groups is 2. The van der Waals surface area contributed by atoms with Gasteiger partial charge in [0.15, 0.2) is 12.4 Å². The Morgan fingerprint density at radius 1 is 1.43 bits per heavy atom. The number of ketones is 1. The number of nitrogens with zero attached hydrogens (tertiary/aromatic N) is 1. The highest BCUT2D eigenvalue weighted by Gasteiger charge is 2.23. The van der Waals surface area contributed by atoms with Crippen molar-refractivity contribution in [1.82, 2.24) is 10.2 Å². The second-order valence-electron chi connectivity index (χ2n) is 5.01. The summed E-state index contributed by atoms with van der Waals surface area (Å²) in [6.07, 6.45) is 0. The summed E-state index contributed by atoms with van der Waals surface area (Å²) in [5, 5.41) is 3.24. The Hall–Kier alpha value is -1.59. The summed E-state index contributed by atoms with van der Waals surface area (Å²) in [5.41, 5.74) is 0.588. The number of benzene rings is 1. The van der Waals surface area contributed by atoms with Gasteiger partial charge in [0.25, 0.3) is 5.91 Å². The molecule has 1 atom stereocenters. The maximum Gasteiger partial charge on any atom is 0.260 e. The van der Waals surface area contributed by atoms with Crippen molar-refractivity contribution in [2.24, 2.45) is 0 Å². The molecule has 1 aliphatic rings. The van der Waals surface area contributed by atoms with Gasteiger partial charge in [-0.3, -0.25) is 9.59 Å². The van der Waals surface area contributed by atoms with Gasteiger partial charge in [-0.05, 0) is 26.0 Å². The van der Waals surface area contributed by atoms with Crippen LogP contribution >= 0.6 is 12.4 Å². The number of rotatable bonds is 4. The molecule has 0 unspecified atom stereocenters. The van der Waals surface area contributed by atoms with E-state index in [9.17, 15) is 9.59 Å². The number of nitrogens with one attached hydrogen (secondary N) is 1. The van der Waals surface area contributed by atoms with Gasteiger partial charge in [0.1, 0.15) is 5.75 Å². The molecule has 0 bridgehead atoms. The number of Topliss-reactive ketones (excluding diaryl/α,β-unsaturated/α-hetero) is 1. The minimum atomic E-state index is -0.0211. The largest absolute Gasteiger partial charge is 0.484 e. The molecule has 1 aromatic rings. The van der Waals surface area contributed by atoms with Gasteiger partial charge < -0.3 is 15.0 Å². The molecule has 0 spiro atoms. The zero-order chi connectivity index (χ0) is 14.5. The van der Waals surface area contributed by atoms with E-state index in [1.807, 2.05) is 11.8 Å². The molecule has 1 N–H and O–H groups in total. The molecule has 1 aromatic carbocycles. The van der Waals surface area contributed by atoms with Gasteiger partial charge in [0.2, 0.25) is 0 Å². The van der Waals surface area contributed by atoms with Crippen molar-refractivity contribution in [3.05, 3.63) is 29.8 Å². The lowest BCUT2D eigenvalue weighted by atomic mass is 10.1. The van der Waals surface area contributed by atoms with Crippen LogP contribution in [0.5, 0.6) is 5.75 Å². The van der Waals surface area contributed by atoms with E-state index in [0.29, 0.717) is 17.9 Å². The first kappa shape index (κ1) is 17.5. The van der Waals surface area contributed by atoms with Crippen molar-refractivity contribution in [2.75, 3.05) is 26.2 Å². The van der Waals surface area contributed by atoms with E-state index < -0.39 is 0 Å². The third-order valence-corrected chi connectivity index (χ3v) is 3.42. The Kier molecular flexibility index (Phi) is 6.65. The summed E-state index contributed by atoms with van der Waals surface area (Å²) in [5.74, 6) is 0.513. The number of amides is 1. The fraction of sp³-hybridized carbons (Fsp3) is 0.467. The molecule has 6 heteroatoms. The van der Waals surface area contributed by atoms with E-state index in [2.05, 4.69) is 5.32 Å². The molecule has 0 aliphatic carbocycles. The minimum Gasteiger partial charge on any atom is -0.484 e. The van der Waals surface area contributed by atoms with Crippen molar-refractivity contribution < 1.29 is 14.3 Å². The van der Waals surface area contributed by atoms with Crippen molar-refractivity contribution in [3.8, 4) is 5.75 Å². The molecule has 2 rings (SSSR count). The number of ether oxygens (including phenoxy) is 1. The monoisotopic (exact) mass is 312 g/mol. The Labute approximate surface area is 131 Å². The summed E-state index contributed by atoms with van der Waals surface area (Å²) in [6.45, 7) is 5.86. The van der Waals surface area contributed by atoms with Gasteiger partial charge in [0.05, 0.1) is 0 Å². The predicted molar refractivity (Wildman–Crippen MR) is 83.2 cm³/mol. The predicted octanol–water partition coefficient (Wildman–Crippen LogP) is 1.51. The Morgan fingerprint density at radius 2 is 2.19 bits per heavy atom. The third-order valence-electron chi connectivity index (χ3n) is 3.42. The molecule has 5 nitrogen and oxygen atoms in total. The van der Waals surface area contributed by atoms with Crippen LogP contribution in [0.15, 0.2) is 24.3 Å². The Morgan fingerprint density at radius 3 is 2.86 bits per heavy atom. The summed E-state index contributed by atoms with van der Waals surface area (Å²) < 4.78 is 5.50. The minimum absolute atomic E-state index is 0. The number of carbonyl (C=O) groups excluding carboxylic acids is 2. The highest BCUT2D eigenvalue weighted by atomic mass is 35.5. The number of piperazine rings is 1. The molecule has 0 saturated carbocycles. The average Bonchev–Trinajstić information content (AvgIpc) is 2.45. The Bertz CT molecular complexity index is 507. The molecule has 1 heterocycles. The lowest BCUT2D eigenvalue weighted by molar-refractivity contribution is -0.136. The molecule has 0 radical (unpaired) electrons. The Balaban J connectivity index is 0.00000220. The van der Waals surface area contributed by atoms with Crippen LogP contribution < -0.4 is 10.1 Å². The van der Waals surface area contributed by atoms with Crippen LogP contribution in [0.3, 0.4) is 0 Å². The first-order valence-corrected chi connectivity index (χ1v) is 6.82. The first-order valence-electron chi connectivity index (χ1n) is 6.82. The average molecular weight is 313 g/mol. The van der Waals surface area contributed by atoms with Crippen LogP contribution in [-0.2, 0) is 4.79 Å². The zero-order valence-electron chi connectivity index (χ0n) is 12.3. The van der Waals surface area contributed by atoms with Crippen LogP contribution in [0.4, 0.5) is 0 Å². The molecule has 1 fully saturated rings. The van der Waals surface area contributed by atoms with Crippen LogP contribution in [0, 0.1) is 0 Å². The van der Waals surface area contributed by atoms with Crippen LogP contribution in [0.1, 0.15) is 24.2 Å². The smallest absolute Gasteiger partial charge is 0.260 e. The molecular formula is C15H21ClN2O3. The fourth-order valence-corrected chi connectivity index (χ4v) is 2.24. The van der Waals surface area contributed by atoms with Crippen molar-refractivity contribution >= 4 is 24.1 Å². The van der Waals surface area contributed by atoms with E-state index in [4.69, 9.17) is 4.74 Å². The fourth-order valence-electron chi connectivity index (χ4n) is 2.24. The van der Waals surface area contributed by atoms with Crippen molar-refractivity contribution in [2.45, 2.75) is 19.9 Å². The molecule has 116 valence electrons. The van der Waals surface area contributed by atoms with Crippen LogP contribution in [0.25, 0.3) is 0 Å². The van der Waals surface area contributed by atoms with E-state index in [1.54, 1.807) is 24.3 Å². The normalized spacial score (nSPS) is 17.8. The summed E-state index contributed by atoms with van der Waals surface area (Å²) in [6, 6.07) is 7.08. The van der Waals surface area contributed by atoms with Crippen molar-refractivity contribution in [1.29, 1.82) is 0 Å². The number of halogens is 1. The van der Waals surface area contributed by atoms with Gasteiger partial charge >= 0.3 is 0 Å². The van der Waals surface area contributed by atoms with Crippen molar-refractivity contribution in [3.63, 3.8) is 0 Å². The number of hydrogen-bond donors (Lipinski definition) is 1. The van der Waals surface area contributed by atoms with E-state index in [1.165, 1.54) is 6.92 Å². The van der Waals surface area contributed by atoms with Crippen LogP contribution in [0.2, 0.25) is 0 Å². The van der Waals surface area contributed by atoms with Gasteiger partial charge in [-0.25, -0.2) is 0 Å². The second kappa shape index (κ2) is 8.00. The summed E-state index contributed by atoms with van der Waals surface area (Å²) in [4.78, 5) is 25.2. The van der Waals surface area contributed by atoms with E-state index in [0.717, 1.165) is 13.1 Å². The molecule has 0 aromatic heterocycles. The third kappa shape index (κ3) is 4.72. The molecule has 21 heavy (non-hydrogen) atoms. The highest BCUT2D eigenvalue weighted by Crippen LogP contribution is 2.14. The van der Waals surface area contributed by atoms with Gasteiger partial charge in [-0.15, -0.1) is 12.4 Å².